The lowest BCUT2D eigenvalue weighted by Crippen LogP contribution is -2.53. The number of piperidine rings is 1. The van der Waals surface area contributed by atoms with E-state index in [0.717, 1.165) is 12.8 Å². The lowest BCUT2D eigenvalue weighted by atomic mass is 10.1. The van der Waals surface area contributed by atoms with E-state index in [1.165, 1.54) is 11.4 Å². The lowest BCUT2D eigenvalue weighted by Gasteiger charge is -2.37. The third-order valence-electron chi connectivity index (χ3n) is 3.01. The Hall–Kier alpha value is -0.620. The van der Waals surface area contributed by atoms with Crippen LogP contribution in [0.5, 0.6) is 0 Å². The van der Waals surface area contributed by atoms with E-state index in [-0.39, 0.29) is 0 Å². The summed E-state index contributed by atoms with van der Waals surface area (Å²) >= 11 is 0. The Balaban J connectivity index is 3.05. The van der Waals surface area contributed by atoms with Crippen molar-refractivity contribution in [2.75, 3.05) is 13.7 Å². The van der Waals surface area contributed by atoms with E-state index in [4.69, 9.17) is 0 Å². The maximum atomic E-state index is 12.4. The number of ether oxygens (including phenoxy) is 1. The molecule has 1 aliphatic rings. The molecule has 0 N–H and O–H groups in total. The van der Waals surface area contributed by atoms with Crippen molar-refractivity contribution in [1.82, 2.24) is 4.31 Å². The standard InChI is InChI=1S/C11H21NO4S/c1-11(2,3)17(14,15)12-8-6-5-7-9(12)10(13)16-4/h9H,5-8H2,1-4H3/t9-/m1/s1. The normalized spacial score (nSPS) is 23.4. The Labute approximate surface area is 103 Å². The minimum absolute atomic E-state index is 0.402. The SMILES string of the molecule is COC(=O)[C@H]1CCCCN1S(=O)(=O)C(C)(C)C. The van der Waals surface area contributed by atoms with E-state index < -0.39 is 26.8 Å². The molecule has 6 heteroatoms. The molecule has 0 bridgehead atoms. The smallest absolute Gasteiger partial charge is 0.324 e. The summed E-state index contributed by atoms with van der Waals surface area (Å²) in [7, 11) is -2.18. The maximum Gasteiger partial charge on any atom is 0.324 e. The first-order valence-corrected chi connectivity index (χ1v) is 7.25. The summed E-state index contributed by atoms with van der Waals surface area (Å²) in [6.45, 7) is 5.33. The highest BCUT2D eigenvalue weighted by molar-refractivity contribution is 7.90. The van der Waals surface area contributed by atoms with Gasteiger partial charge in [-0.25, -0.2) is 8.42 Å². The van der Waals surface area contributed by atoms with Crippen LogP contribution < -0.4 is 0 Å². The van der Waals surface area contributed by atoms with Crippen LogP contribution in [-0.4, -0.2) is 43.1 Å². The molecule has 0 amide bonds. The highest BCUT2D eigenvalue weighted by Crippen LogP contribution is 2.28. The molecule has 1 rings (SSSR count). The van der Waals surface area contributed by atoms with Crippen molar-refractivity contribution in [3.63, 3.8) is 0 Å². The summed E-state index contributed by atoms with van der Waals surface area (Å²) in [5.74, 6) is -0.461. The number of carbonyl (C=O) groups is 1. The topological polar surface area (TPSA) is 63.7 Å². The molecule has 0 spiro atoms. The van der Waals surface area contributed by atoms with Gasteiger partial charge in [-0.05, 0) is 40.0 Å². The zero-order valence-corrected chi connectivity index (χ0v) is 11.7. The van der Waals surface area contributed by atoms with Gasteiger partial charge in [-0.1, -0.05) is 0 Å². The Bertz CT molecular complexity index is 383. The van der Waals surface area contributed by atoms with Gasteiger partial charge >= 0.3 is 5.97 Å². The van der Waals surface area contributed by atoms with Gasteiger partial charge in [0.15, 0.2) is 0 Å². The van der Waals surface area contributed by atoms with Crippen molar-refractivity contribution in [2.45, 2.75) is 50.8 Å². The second-order valence-corrected chi connectivity index (χ2v) is 7.91. The fraction of sp³-hybridized carbons (Fsp3) is 0.909. The number of hydrogen-bond donors (Lipinski definition) is 0. The summed E-state index contributed by atoms with van der Waals surface area (Å²) in [5, 5.41) is 0. The van der Waals surface area contributed by atoms with E-state index in [1.54, 1.807) is 20.8 Å². The molecular weight excluding hydrogens is 242 g/mol. The first-order valence-electron chi connectivity index (χ1n) is 5.81. The van der Waals surface area contributed by atoms with Gasteiger partial charge in [-0.3, -0.25) is 4.79 Å². The van der Waals surface area contributed by atoms with Crippen molar-refractivity contribution in [3.05, 3.63) is 0 Å². The van der Waals surface area contributed by atoms with Crippen LogP contribution in [0.4, 0.5) is 0 Å². The molecule has 100 valence electrons. The maximum absolute atomic E-state index is 12.4. The van der Waals surface area contributed by atoms with Gasteiger partial charge in [0.1, 0.15) is 6.04 Å². The second-order valence-electron chi connectivity index (χ2n) is 5.26. The van der Waals surface area contributed by atoms with Gasteiger partial charge in [0.2, 0.25) is 10.0 Å². The van der Waals surface area contributed by atoms with Gasteiger partial charge in [-0.2, -0.15) is 4.31 Å². The summed E-state index contributed by atoms with van der Waals surface area (Å²) in [4.78, 5) is 11.6. The monoisotopic (exact) mass is 263 g/mol. The summed E-state index contributed by atoms with van der Waals surface area (Å²) in [6, 6.07) is -0.655. The quantitative estimate of drug-likeness (QED) is 0.701. The zero-order valence-electron chi connectivity index (χ0n) is 10.9. The lowest BCUT2D eigenvalue weighted by molar-refractivity contribution is -0.146. The van der Waals surface area contributed by atoms with Gasteiger partial charge < -0.3 is 4.74 Å². The van der Waals surface area contributed by atoms with Gasteiger partial charge in [-0.15, -0.1) is 0 Å². The molecule has 0 aromatic heterocycles. The minimum atomic E-state index is -3.47. The van der Waals surface area contributed by atoms with Crippen LogP contribution in [0.25, 0.3) is 0 Å². The number of esters is 1. The molecular formula is C11H21NO4S. The number of hydrogen-bond acceptors (Lipinski definition) is 4. The molecule has 0 saturated carbocycles. The molecule has 0 aromatic rings. The number of methoxy groups -OCH3 is 1. The third kappa shape index (κ3) is 2.80. The molecule has 0 aromatic carbocycles. The number of carbonyl (C=O) groups excluding carboxylic acids is 1. The Morgan fingerprint density at radius 2 is 1.88 bits per heavy atom. The number of sulfonamides is 1. The molecule has 0 aliphatic carbocycles. The summed E-state index contributed by atoms with van der Waals surface area (Å²) in [6.07, 6.45) is 2.20. The fourth-order valence-electron chi connectivity index (χ4n) is 1.92. The summed E-state index contributed by atoms with van der Waals surface area (Å²) < 4.78 is 29.8. The largest absolute Gasteiger partial charge is 0.468 e. The Kier molecular flexibility index (Phi) is 4.19. The summed E-state index contributed by atoms with van der Waals surface area (Å²) in [5.41, 5.74) is 0. The second kappa shape index (κ2) is 4.94. The Morgan fingerprint density at radius 3 is 2.35 bits per heavy atom. The van der Waals surface area contributed by atoms with Crippen molar-refractivity contribution in [3.8, 4) is 0 Å². The average molecular weight is 263 g/mol. The highest BCUT2D eigenvalue weighted by Gasteiger charge is 2.43. The zero-order chi connectivity index (χ0) is 13.3. The van der Waals surface area contributed by atoms with E-state index in [0.29, 0.717) is 13.0 Å². The van der Waals surface area contributed by atoms with Gasteiger partial charge in [0.05, 0.1) is 11.9 Å². The van der Waals surface area contributed by atoms with Gasteiger partial charge in [0, 0.05) is 6.54 Å². The molecule has 1 fully saturated rings. The van der Waals surface area contributed by atoms with Crippen molar-refractivity contribution in [1.29, 1.82) is 0 Å². The van der Waals surface area contributed by atoms with Crippen molar-refractivity contribution < 1.29 is 17.9 Å². The van der Waals surface area contributed by atoms with Crippen LogP contribution in [0.3, 0.4) is 0 Å². The fourth-order valence-corrected chi connectivity index (χ4v) is 3.52. The van der Waals surface area contributed by atoms with E-state index in [2.05, 4.69) is 4.74 Å². The molecule has 1 atom stereocenters. The van der Waals surface area contributed by atoms with E-state index in [1.807, 2.05) is 0 Å². The van der Waals surface area contributed by atoms with Crippen LogP contribution in [0.2, 0.25) is 0 Å². The first-order chi connectivity index (χ1) is 7.71. The number of nitrogens with zero attached hydrogens (tertiary/aromatic N) is 1. The first kappa shape index (κ1) is 14.4. The molecule has 0 radical (unpaired) electrons. The number of rotatable bonds is 2. The van der Waals surface area contributed by atoms with Crippen LogP contribution in [0.1, 0.15) is 40.0 Å². The van der Waals surface area contributed by atoms with Gasteiger partial charge in [0.25, 0.3) is 0 Å². The highest BCUT2D eigenvalue weighted by atomic mass is 32.2. The van der Waals surface area contributed by atoms with E-state index in [9.17, 15) is 13.2 Å². The van der Waals surface area contributed by atoms with Crippen molar-refractivity contribution in [2.24, 2.45) is 0 Å². The minimum Gasteiger partial charge on any atom is -0.468 e. The molecule has 1 aliphatic heterocycles. The predicted molar refractivity (Wildman–Crippen MR) is 65.0 cm³/mol. The molecule has 0 unspecified atom stereocenters. The molecule has 1 heterocycles. The molecule has 1 saturated heterocycles. The van der Waals surface area contributed by atoms with Crippen molar-refractivity contribution >= 4 is 16.0 Å². The Morgan fingerprint density at radius 1 is 1.29 bits per heavy atom. The van der Waals surface area contributed by atoms with Crippen LogP contribution in [0.15, 0.2) is 0 Å². The average Bonchev–Trinajstić information content (AvgIpc) is 2.26. The van der Waals surface area contributed by atoms with Crippen LogP contribution in [0, 0.1) is 0 Å². The van der Waals surface area contributed by atoms with Crippen LogP contribution >= 0.6 is 0 Å². The molecule has 17 heavy (non-hydrogen) atoms. The third-order valence-corrected chi connectivity index (χ3v) is 5.61. The molecule has 5 nitrogen and oxygen atoms in total. The van der Waals surface area contributed by atoms with Crippen LogP contribution in [-0.2, 0) is 19.6 Å². The van der Waals surface area contributed by atoms with E-state index >= 15 is 0 Å². The predicted octanol–water partition coefficient (Wildman–Crippen LogP) is 1.14.